The zero-order valence-corrected chi connectivity index (χ0v) is 19.3. The summed E-state index contributed by atoms with van der Waals surface area (Å²) in [6, 6.07) is 12.6. The molecule has 8 nitrogen and oxygen atoms in total. The summed E-state index contributed by atoms with van der Waals surface area (Å²) in [5.74, 6) is 0.246. The molecule has 0 atom stereocenters. The van der Waals surface area contributed by atoms with Gasteiger partial charge in [-0.05, 0) is 55.0 Å². The monoisotopic (exact) mass is 464 g/mol. The third-order valence-corrected chi connectivity index (χ3v) is 5.88. The maximum Gasteiger partial charge on any atom is 0.161 e. The van der Waals surface area contributed by atoms with E-state index < -0.39 is 0 Å². The van der Waals surface area contributed by atoms with E-state index in [4.69, 9.17) is 9.97 Å². The number of halogens is 1. The number of aromatic nitrogens is 7. The number of rotatable bonds is 4. The van der Waals surface area contributed by atoms with E-state index in [1.54, 1.807) is 12.4 Å². The van der Waals surface area contributed by atoms with Gasteiger partial charge < -0.3 is 9.88 Å². The first-order valence-electron chi connectivity index (χ1n) is 11.1. The molecule has 9 heteroatoms. The molecule has 0 saturated heterocycles. The summed E-state index contributed by atoms with van der Waals surface area (Å²) in [5, 5.41) is 7.53. The quantitative estimate of drug-likeness (QED) is 0.375. The molecule has 0 bridgehead atoms. The Morgan fingerprint density at radius 3 is 2.54 bits per heavy atom. The van der Waals surface area contributed by atoms with Crippen LogP contribution in [0.2, 0.25) is 0 Å². The molecule has 0 spiro atoms. The van der Waals surface area contributed by atoms with Crippen LogP contribution in [0.15, 0.2) is 61.1 Å². The number of hydrogen-bond acceptors (Lipinski definition) is 6. The summed E-state index contributed by atoms with van der Waals surface area (Å²) in [7, 11) is 3.95. The van der Waals surface area contributed by atoms with Crippen molar-refractivity contribution < 1.29 is 4.39 Å². The number of H-pyrrole nitrogens is 2. The predicted molar refractivity (Wildman–Crippen MR) is 134 cm³/mol. The highest BCUT2D eigenvalue weighted by atomic mass is 19.1. The Labute approximate surface area is 199 Å². The summed E-state index contributed by atoms with van der Waals surface area (Å²) in [6.45, 7) is 1.85. The number of imidazole rings is 1. The molecule has 6 rings (SSSR count). The van der Waals surface area contributed by atoms with Gasteiger partial charge in [0.25, 0.3) is 0 Å². The van der Waals surface area contributed by atoms with Crippen LogP contribution in [0, 0.1) is 12.7 Å². The normalized spacial score (nSPS) is 11.4. The highest BCUT2D eigenvalue weighted by Crippen LogP contribution is 2.31. The molecule has 0 amide bonds. The third kappa shape index (κ3) is 3.67. The standard InChI is InChI=1S/C26H21FN8/c1-14-8-15(10-17(27)9-14)22-23-20(6-7-29-22)31-26(32-23)25-24-21(33-34-25)5-4-19(30-24)16-11-18(35(2)3)13-28-12-16/h4-13H,1-3H3,(H,31,32)(H,33,34). The van der Waals surface area contributed by atoms with E-state index in [0.717, 1.165) is 33.5 Å². The first-order valence-corrected chi connectivity index (χ1v) is 11.1. The average molecular weight is 465 g/mol. The van der Waals surface area contributed by atoms with Crippen LogP contribution < -0.4 is 4.90 Å². The van der Waals surface area contributed by atoms with Crippen molar-refractivity contribution >= 4 is 27.8 Å². The molecule has 6 aromatic rings. The summed E-state index contributed by atoms with van der Waals surface area (Å²) in [6.07, 6.45) is 5.29. The second-order valence-corrected chi connectivity index (χ2v) is 8.65. The van der Waals surface area contributed by atoms with E-state index in [0.29, 0.717) is 33.8 Å². The van der Waals surface area contributed by atoms with Gasteiger partial charge in [-0.15, -0.1) is 0 Å². The first kappa shape index (κ1) is 20.9. The molecule has 0 aliphatic rings. The Morgan fingerprint density at radius 1 is 0.857 bits per heavy atom. The van der Waals surface area contributed by atoms with Crippen LogP contribution in [0.3, 0.4) is 0 Å². The molecule has 5 heterocycles. The molecule has 0 fully saturated rings. The van der Waals surface area contributed by atoms with Crippen molar-refractivity contribution in [3.05, 3.63) is 72.4 Å². The van der Waals surface area contributed by atoms with Crippen molar-refractivity contribution in [2.45, 2.75) is 6.92 Å². The van der Waals surface area contributed by atoms with Crippen LogP contribution in [-0.4, -0.2) is 49.2 Å². The summed E-state index contributed by atoms with van der Waals surface area (Å²) in [5.41, 5.74) is 8.26. The van der Waals surface area contributed by atoms with E-state index >= 15 is 0 Å². The van der Waals surface area contributed by atoms with E-state index in [1.807, 2.05) is 62.4 Å². The van der Waals surface area contributed by atoms with Crippen molar-refractivity contribution in [1.82, 2.24) is 35.1 Å². The van der Waals surface area contributed by atoms with Gasteiger partial charge in [0.05, 0.1) is 34.3 Å². The van der Waals surface area contributed by atoms with Crippen LogP contribution in [0.1, 0.15) is 5.56 Å². The zero-order valence-electron chi connectivity index (χ0n) is 19.3. The number of hydrogen-bond donors (Lipinski definition) is 2. The van der Waals surface area contributed by atoms with Crippen molar-refractivity contribution in [3.8, 4) is 34.0 Å². The van der Waals surface area contributed by atoms with Crippen LogP contribution in [0.25, 0.3) is 56.1 Å². The van der Waals surface area contributed by atoms with Crippen molar-refractivity contribution in [2.24, 2.45) is 0 Å². The minimum Gasteiger partial charge on any atom is -0.376 e. The van der Waals surface area contributed by atoms with Gasteiger partial charge in [-0.25, -0.2) is 14.4 Å². The maximum absolute atomic E-state index is 14.1. The van der Waals surface area contributed by atoms with E-state index in [2.05, 4.69) is 25.1 Å². The highest BCUT2D eigenvalue weighted by Gasteiger charge is 2.18. The lowest BCUT2D eigenvalue weighted by atomic mass is 10.1. The minimum atomic E-state index is -0.308. The Kier molecular flexibility index (Phi) is 4.77. The molecular formula is C26H21FN8. The van der Waals surface area contributed by atoms with E-state index in [9.17, 15) is 4.39 Å². The van der Waals surface area contributed by atoms with Crippen LogP contribution in [-0.2, 0) is 0 Å². The number of pyridine rings is 3. The fourth-order valence-electron chi connectivity index (χ4n) is 4.17. The average Bonchev–Trinajstić information content (AvgIpc) is 3.47. The fourth-order valence-corrected chi connectivity index (χ4v) is 4.17. The summed E-state index contributed by atoms with van der Waals surface area (Å²) < 4.78 is 14.1. The lowest BCUT2D eigenvalue weighted by Gasteiger charge is -2.12. The minimum absolute atomic E-state index is 0.308. The third-order valence-electron chi connectivity index (χ3n) is 5.88. The SMILES string of the molecule is Cc1cc(F)cc(-c2nccc3[nH]c(-c4n[nH]c5ccc(-c6cncc(N(C)C)c6)nc45)nc23)c1. The molecule has 0 radical (unpaired) electrons. The molecule has 0 aliphatic heterocycles. The number of benzene rings is 1. The molecule has 1 aromatic carbocycles. The second kappa shape index (κ2) is 7.98. The van der Waals surface area contributed by atoms with Crippen molar-refractivity contribution in [1.29, 1.82) is 0 Å². The van der Waals surface area contributed by atoms with Gasteiger partial charge >= 0.3 is 0 Å². The van der Waals surface area contributed by atoms with Gasteiger partial charge in [-0.3, -0.25) is 15.1 Å². The summed E-state index contributed by atoms with van der Waals surface area (Å²) >= 11 is 0. The van der Waals surface area contributed by atoms with Crippen molar-refractivity contribution in [2.75, 3.05) is 19.0 Å². The summed E-state index contributed by atoms with van der Waals surface area (Å²) in [4.78, 5) is 23.8. The van der Waals surface area contributed by atoms with Crippen LogP contribution in [0.5, 0.6) is 0 Å². The largest absolute Gasteiger partial charge is 0.376 e. The first-order chi connectivity index (χ1) is 17.0. The van der Waals surface area contributed by atoms with E-state index in [1.165, 1.54) is 12.1 Å². The topological polar surface area (TPSA) is 99.3 Å². The maximum atomic E-state index is 14.1. The number of aromatic amines is 2. The Balaban J connectivity index is 1.48. The fraction of sp³-hybridized carbons (Fsp3) is 0.115. The van der Waals surface area contributed by atoms with E-state index in [-0.39, 0.29) is 5.82 Å². The van der Waals surface area contributed by atoms with Gasteiger partial charge in [0.1, 0.15) is 16.9 Å². The number of aryl methyl sites for hydroxylation is 1. The number of anilines is 1. The van der Waals surface area contributed by atoms with Gasteiger partial charge in [-0.1, -0.05) is 0 Å². The lowest BCUT2D eigenvalue weighted by molar-refractivity contribution is 0.627. The Hall–Kier alpha value is -4.66. The zero-order chi connectivity index (χ0) is 24.1. The molecule has 172 valence electrons. The van der Waals surface area contributed by atoms with Gasteiger partial charge in [0, 0.05) is 37.6 Å². The smallest absolute Gasteiger partial charge is 0.161 e. The molecular weight excluding hydrogens is 443 g/mol. The Bertz CT molecular complexity index is 1700. The molecule has 2 N–H and O–H groups in total. The molecule has 35 heavy (non-hydrogen) atoms. The van der Waals surface area contributed by atoms with Gasteiger partial charge in [-0.2, -0.15) is 5.10 Å². The highest BCUT2D eigenvalue weighted by molar-refractivity contribution is 5.95. The number of nitrogens with zero attached hydrogens (tertiary/aromatic N) is 6. The predicted octanol–water partition coefficient (Wildman–Crippen LogP) is 5.14. The van der Waals surface area contributed by atoms with Crippen LogP contribution in [0.4, 0.5) is 10.1 Å². The lowest BCUT2D eigenvalue weighted by Crippen LogP contribution is -2.08. The number of fused-ring (bicyclic) bond motifs is 2. The Morgan fingerprint density at radius 2 is 1.71 bits per heavy atom. The van der Waals surface area contributed by atoms with Crippen LogP contribution >= 0.6 is 0 Å². The molecule has 0 saturated carbocycles. The molecule has 0 unspecified atom stereocenters. The van der Waals surface area contributed by atoms with Gasteiger partial charge in [0.2, 0.25) is 0 Å². The second-order valence-electron chi connectivity index (χ2n) is 8.65. The molecule has 0 aliphatic carbocycles. The van der Waals surface area contributed by atoms with Gasteiger partial charge in [0.15, 0.2) is 11.5 Å². The number of nitrogens with one attached hydrogen (secondary N) is 2. The molecule has 5 aromatic heterocycles. The van der Waals surface area contributed by atoms with Crippen molar-refractivity contribution in [3.63, 3.8) is 0 Å².